The fourth-order valence-corrected chi connectivity index (χ4v) is 2.60. The lowest BCUT2D eigenvalue weighted by molar-refractivity contribution is -0.116. The molecule has 0 unspecified atom stereocenters. The van der Waals surface area contributed by atoms with Gasteiger partial charge in [0.2, 0.25) is 12.7 Å². The topological polar surface area (TPSA) is 73.6 Å². The molecule has 130 valence electrons. The molecule has 6 heteroatoms. The minimum Gasteiger partial charge on any atom is -0.464 e. The molecule has 26 heavy (non-hydrogen) atoms. The Kier molecular flexibility index (Phi) is 4.38. The van der Waals surface area contributed by atoms with Crippen LogP contribution in [0.2, 0.25) is 0 Å². The number of rotatable bonds is 5. The normalized spacial score (nSPS) is 12.5. The molecule has 0 saturated carbocycles. The molecule has 3 heterocycles. The van der Waals surface area contributed by atoms with Crippen molar-refractivity contribution in [2.45, 2.75) is 6.54 Å². The van der Waals surface area contributed by atoms with Crippen molar-refractivity contribution >= 4 is 12.0 Å². The third-order valence-electron chi connectivity index (χ3n) is 3.89. The monoisotopic (exact) mass is 348 g/mol. The number of nitrogens with zero attached hydrogens (tertiary/aromatic N) is 1. The van der Waals surface area contributed by atoms with E-state index in [1.807, 2.05) is 36.4 Å². The third kappa shape index (κ3) is 3.59. The molecule has 2 aromatic heterocycles. The molecule has 0 fully saturated rings. The first-order valence-corrected chi connectivity index (χ1v) is 8.11. The van der Waals surface area contributed by atoms with E-state index in [0.717, 1.165) is 28.2 Å². The van der Waals surface area contributed by atoms with Crippen LogP contribution in [-0.4, -0.2) is 17.7 Å². The molecule has 0 bridgehead atoms. The number of fused-ring (bicyclic) bond motifs is 1. The van der Waals surface area contributed by atoms with Gasteiger partial charge in [0.15, 0.2) is 11.5 Å². The molecular weight excluding hydrogens is 332 g/mol. The van der Waals surface area contributed by atoms with Crippen LogP contribution in [0.25, 0.3) is 17.4 Å². The second kappa shape index (κ2) is 7.14. The van der Waals surface area contributed by atoms with Gasteiger partial charge >= 0.3 is 0 Å². The summed E-state index contributed by atoms with van der Waals surface area (Å²) in [5.41, 5.74) is 2.63. The number of ether oxygens (including phenoxy) is 2. The Hall–Kier alpha value is -3.54. The van der Waals surface area contributed by atoms with E-state index in [4.69, 9.17) is 13.9 Å². The Morgan fingerprint density at radius 3 is 2.96 bits per heavy atom. The maximum Gasteiger partial charge on any atom is 0.244 e. The van der Waals surface area contributed by atoms with Gasteiger partial charge in [0.05, 0.1) is 6.26 Å². The largest absolute Gasteiger partial charge is 0.464 e. The van der Waals surface area contributed by atoms with Crippen molar-refractivity contribution in [3.8, 4) is 22.8 Å². The summed E-state index contributed by atoms with van der Waals surface area (Å²) in [6.07, 6.45) is 8.28. The number of pyridine rings is 1. The first kappa shape index (κ1) is 16.0. The number of amides is 1. The van der Waals surface area contributed by atoms with Crippen LogP contribution in [0.4, 0.5) is 0 Å². The maximum absolute atomic E-state index is 12.0. The van der Waals surface area contributed by atoms with Gasteiger partial charge in [0.1, 0.15) is 5.76 Å². The maximum atomic E-state index is 12.0. The lowest BCUT2D eigenvalue weighted by Crippen LogP contribution is -2.20. The minimum absolute atomic E-state index is 0.189. The van der Waals surface area contributed by atoms with Gasteiger partial charge in [-0.15, -0.1) is 0 Å². The molecule has 1 aromatic carbocycles. The number of nitrogens with one attached hydrogen (secondary N) is 1. The second-order valence-electron chi connectivity index (χ2n) is 5.72. The molecule has 1 aliphatic heterocycles. The average molecular weight is 348 g/mol. The van der Waals surface area contributed by atoms with E-state index >= 15 is 0 Å². The van der Waals surface area contributed by atoms with Gasteiger partial charge in [-0.25, -0.2) is 0 Å². The number of carbonyl (C=O) groups is 1. The van der Waals surface area contributed by atoms with Crippen LogP contribution >= 0.6 is 0 Å². The fraction of sp³-hybridized carbons (Fsp3) is 0.100. The quantitative estimate of drug-likeness (QED) is 0.716. The van der Waals surface area contributed by atoms with Crippen LogP contribution in [0.15, 0.2) is 65.5 Å². The molecule has 0 atom stereocenters. The summed E-state index contributed by atoms with van der Waals surface area (Å²) in [6.45, 7) is 0.611. The molecule has 1 N–H and O–H groups in total. The Morgan fingerprint density at radius 1 is 1.15 bits per heavy atom. The minimum atomic E-state index is -0.189. The zero-order valence-corrected chi connectivity index (χ0v) is 13.8. The summed E-state index contributed by atoms with van der Waals surface area (Å²) in [4.78, 5) is 16.2. The van der Waals surface area contributed by atoms with Crippen molar-refractivity contribution in [2.24, 2.45) is 0 Å². The number of benzene rings is 1. The number of hydrogen-bond acceptors (Lipinski definition) is 5. The van der Waals surface area contributed by atoms with Crippen LogP contribution in [0, 0.1) is 0 Å². The molecular formula is C20H16N2O4. The van der Waals surface area contributed by atoms with Gasteiger partial charge in [0.25, 0.3) is 0 Å². The van der Waals surface area contributed by atoms with Gasteiger partial charge in [-0.1, -0.05) is 6.07 Å². The summed E-state index contributed by atoms with van der Waals surface area (Å²) in [5.74, 6) is 1.96. The van der Waals surface area contributed by atoms with Crippen LogP contribution in [0.5, 0.6) is 11.5 Å². The highest BCUT2D eigenvalue weighted by Crippen LogP contribution is 2.32. The third-order valence-corrected chi connectivity index (χ3v) is 3.89. The van der Waals surface area contributed by atoms with Crippen LogP contribution in [0.3, 0.4) is 0 Å². The molecule has 0 spiro atoms. The summed E-state index contributed by atoms with van der Waals surface area (Å²) in [6, 6.07) is 11.2. The van der Waals surface area contributed by atoms with Crippen LogP contribution < -0.4 is 14.8 Å². The lowest BCUT2D eigenvalue weighted by Gasteiger charge is -2.04. The number of carbonyl (C=O) groups excluding carboxylic acids is 1. The van der Waals surface area contributed by atoms with E-state index in [1.54, 1.807) is 24.7 Å². The van der Waals surface area contributed by atoms with Crippen molar-refractivity contribution in [1.29, 1.82) is 0 Å². The lowest BCUT2D eigenvalue weighted by atomic mass is 10.1. The van der Waals surface area contributed by atoms with Crippen molar-refractivity contribution in [2.75, 3.05) is 6.79 Å². The molecule has 6 nitrogen and oxygen atoms in total. The summed E-state index contributed by atoms with van der Waals surface area (Å²) < 4.78 is 15.9. The van der Waals surface area contributed by atoms with Crippen molar-refractivity contribution in [3.05, 3.63) is 72.3 Å². The van der Waals surface area contributed by atoms with Crippen LogP contribution in [0.1, 0.15) is 11.1 Å². The van der Waals surface area contributed by atoms with Gasteiger partial charge < -0.3 is 19.2 Å². The average Bonchev–Trinajstić information content (AvgIpc) is 3.36. The predicted octanol–water partition coefficient (Wildman–Crippen LogP) is 3.40. The van der Waals surface area contributed by atoms with E-state index in [0.29, 0.717) is 12.3 Å². The van der Waals surface area contributed by atoms with E-state index in [-0.39, 0.29) is 12.7 Å². The Balaban J connectivity index is 1.36. The first-order valence-electron chi connectivity index (χ1n) is 8.11. The molecule has 1 aliphatic rings. The van der Waals surface area contributed by atoms with Crippen molar-refractivity contribution in [1.82, 2.24) is 10.3 Å². The van der Waals surface area contributed by atoms with Gasteiger partial charge in [-0.05, 0) is 47.5 Å². The fourth-order valence-electron chi connectivity index (χ4n) is 2.60. The zero-order chi connectivity index (χ0) is 17.8. The Morgan fingerprint density at radius 2 is 2.08 bits per heavy atom. The highest BCUT2D eigenvalue weighted by molar-refractivity contribution is 5.91. The van der Waals surface area contributed by atoms with Gasteiger partial charge in [0, 0.05) is 30.6 Å². The highest BCUT2D eigenvalue weighted by Gasteiger charge is 2.12. The van der Waals surface area contributed by atoms with Crippen LogP contribution in [-0.2, 0) is 11.3 Å². The smallest absolute Gasteiger partial charge is 0.244 e. The Bertz CT molecular complexity index is 948. The Labute approximate surface area is 150 Å². The van der Waals surface area contributed by atoms with E-state index in [9.17, 15) is 4.79 Å². The first-order chi connectivity index (χ1) is 12.8. The SMILES string of the molecule is O=C(/C=C/c1ccc2c(c1)OCO2)NCc1cncc(-c2ccco2)c1. The molecule has 0 aliphatic carbocycles. The summed E-state index contributed by atoms with van der Waals surface area (Å²) in [7, 11) is 0. The molecule has 1 amide bonds. The van der Waals surface area contributed by atoms with E-state index < -0.39 is 0 Å². The number of aromatic nitrogens is 1. The van der Waals surface area contributed by atoms with Gasteiger partial charge in [-0.3, -0.25) is 9.78 Å². The van der Waals surface area contributed by atoms with E-state index in [1.165, 1.54) is 6.08 Å². The highest BCUT2D eigenvalue weighted by atomic mass is 16.7. The van der Waals surface area contributed by atoms with Crippen molar-refractivity contribution < 1.29 is 18.7 Å². The van der Waals surface area contributed by atoms with Crippen molar-refractivity contribution in [3.63, 3.8) is 0 Å². The molecule has 3 aromatic rings. The predicted molar refractivity (Wildman–Crippen MR) is 95.4 cm³/mol. The molecule has 0 radical (unpaired) electrons. The van der Waals surface area contributed by atoms with Gasteiger partial charge in [-0.2, -0.15) is 0 Å². The molecule has 4 rings (SSSR count). The summed E-state index contributed by atoms with van der Waals surface area (Å²) in [5, 5.41) is 2.84. The molecule has 0 saturated heterocycles. The standard InChI is InChI=1S/C20H16N2O4/c23-20(6-4-14-3-5-18-19(9-14)26-13-25-18)22-11-15-8-16(12-21-10-15)17-2-1-7-24-17/h1-10,12H,11,13H2,(H,22,23)/b6-4+. The number of hydrogen-bond donors (Lipinski definition) is 1. The van der Waals surface area contributed by atoms with E-state index in [2.05, 4.69) is 10.3 Å². The summed E-state index contributed by atoms with van der Waals surface area (Å²) >= 11 is 0. The zero-order valence-electron chi connectivity index (χ0n) is 13.8. The number of furan rings is 1. The second-order valence-corrected chi connectivity index (χ2v) is 5.72.